The second-order valence-corrected chi connectivity index (χ2v) is 5.55. The summed E-state index contributed by atoms with van der Waals surface area (Å²) in [6, 6.07) is 6.49. The summed E-state index contributed by atoms with van der Waals surface area (Å²) in [5.41, 5.74) is 0.766. The highest BCUT2D eigenvalue weighted by Gasteiger charge is 2.22. The Kier molecular flexibility index (Phi) is 5.95. The molecule has 0 radical (unpaired) electrons. The van der Waals surface area contributed by atoms with Gasteiger partial charge in [0.2, 0.25) is 0 Å². The van der Waals surface area contributed by atoms with Crippen LogP contribution < -0.4 is 0 Å². The second kappa shape index (κ2) is 7.72. The Labute approximate surface area is 120 Å². The van der Waals surface area contributed by atoms with Gasteiger partial charge in [0.05, 0.1) is 6.10 Å². The van der Waals surface area contributed by atoms with Crippen LogP contribution in [0.15, 0.2) is 24.3 Å². The molecule has 0 saturated carbocycles. The molecular weight excluding hydrogens is 257 g/mol. The molecule has 1 heterocycles. The third kappa shape index (κ3) is 4.27. The number of piperidine rings is 1. The predicted octanol–water partition coefficient (Wildman–Crippen LogP) is 2.49. The van der Waals surface area contributed by atoms with E-state index in [1.165, 1.54) is 25.0 Å². The molecule has 112 valence electrons. The van der Waals surface area contributed by atoms with Gasteiger partial charge in [-0.1, -0.05) is 18.6 Å². The van der Waals surface area contributed by atoms with Gasteiger partial charge < -0.3 is 15.1 Å². The van der Waals surface area contributed by atoms with Gasteiger partial charge in [-0.2, -0.15) is 0 Å². The highest BCUT2D eigenvalue weighted by molar-refractivity contribution is 5.18. The smallest absolute Gasteiger partial charge is 0.123 e. The van der Waals surface area contributed by atoms with Crippen molar-refractivity contribution in [3.63, 3.8) is 0 Å². The normalized spacial score (nSPS) is 21.9. The van der Waals surface area contributed by atoms with Crippen LogP contribution >= 0.6 is 0 Å². The van der Waals surface area contributed by atoms with Gasteiger partial charge >= 0.3 is 0 Å². The summed E-state index contributed by atoms with van der Waals surface area (Å²) < 4.78 is 12.8. The van der Waals surface area contributed by atoms with Crippen LogP contribution in [-0.4, -0.2) is 40.9 Å². The van der Waals surface area contributed by atoms with Crippen molar-refractivity contribution in [3.05, 3.63) is 35.6 Å². The Morgan fingerprint density at radius 2 is 2.00 bits per heavy atom. The van der Waals surface area contributed by atoms with E-state index in [1.54, 1.807) is 12.1 Å². The molecule has 0 amide bonds. The fraction of sp³-hybridized carbons (Fsp3) is 0.625. The second-order valence-electron chi connectivity index (χ2n) is 5.55. The third-order valence-corrected chi connectivity index (χ3v) is 4.16. The first kappa shape index (κ1) is 15.4. The molecule has 1 aliphatic rings. The van der Waals surface area contributed by atoms with Gasteiger partial charge in [0, 0.05) is 19.2 Å². The van der Waals surface area contributed by atoms with E-state index in [2.05, 4.69) is 4.90 Å². The molecule has 0 aromatic heterocycles. The van der Waals surface area contributed by atoms with E-state index in [0.717, 1.165) is 31.5 Å². The van der Waals surface area contributed by atoms with Crippen molar-refractivity contribution in [2.24, 2.45) is 0 Å². The minimum Gasteiger partial charge on any atom is -0.396 e. The quantitative estimate of drug-likeness (QED) is 0.842. The molecule has 1 aromatic carbocycles. The van der Waals surface area contributed by atoms with Gasteiger partial charge in [0.15, 0.2) is 0 Å². The highest BCUT2D eigenvalue weighted by Crippen LogP contribution is 2.23. The Morgan fingerprint density at radius 3 is 2.70 bits per heavy atom. The summed E-state index contributed by atoms with van der Waals surface area (Å²) in [6.07, 6.45) is 4.45. The molecule has 0 aliphatic carbocycles. The number of hydrogen-bond acceptors (Lipinski definition) is 3. The van der Waals surface area contributed by atoms with E-state index < -0.39 is 6.10 Å². The fourth-order valence-electron chi connectivity index (χ4n) is 2.97. The number of aliphatic hydroxyl groups excluding tert-OH is 2. The molecular formula is C16H24FNO2. The van der Waals surface area contributed by atoms with E-state index >= 15 is 0 Å². The molecule has 2 atom stereocenters. The van der Waals surface area contributed by atoms with Crippen molar-refractivity contribution >= 4 is 0 Å². The highest BCUT2D eigenvalue weighted by atomic mass is 19.1. The first-order valence-corrected chi connectivity index (χ1v) is 7.49. The zero-order chi connectivity index (χ0) is 14.4. The molecule has 2 unspecified atom stereocenters. The maximum absolute atomic E-state index is 12.8. The first-order valence-electron chi connectivity index (χ1n) is 7.49. The lowest BCUT2D eigenvalue weighted by Crippen LogP contribution is -2.41. The van der Waals surface area contributed by atoms with Gasteiger partial charge in [-0.3, -0.25) is 0 Å². The zero-order valence-electron chi connectivity index (χ0n) is 11.8. The number of halogens is 1. The molecule has 2 N–H and O–H groups in total. The lowest BCUT2D eigenvalue weighted by atomic mass is 9.98. The number of nitrogens with zero attached hydrogens (tertiary/aromatic N) is 1. The SMILES string of the molecule is OCCC1CCCCN1CCC(O)c1ccc(F)cc1. The van der Waals surface area contributed by atoms with Gasteiger partial charge in [0.1, 0.15) is 5.82 Å². The molecule has 2 rings (SSSR count). The molecule has 1 aromatic rings. The molecule has 1 aliphatic heterocycles. The summed E-state index contributed by atoms with van der Waals surface area (Å²) >= 11 is 0. The summed E-state index contributed by atoms with van der Waals surface area (Å²) in [5, 5.41) is 19.3. The van der Waals surface area contributed by atoms with Crippen molar-refractivity contribution in [1.82, 2.24) is 4.90 Å². The molecule has 0 spiro atoms. The lowest BCUT2D eigenvalue weighted by Gasteiger charge is -2.36. The molecule has 0 bridgehead atoms. The molecule has 20 heavy (non-hydrogen) atoms. The number of aliphatic hydroxyl groups is 2. The summed E-state index contributed by atoms with van der Waals surface area (Å²) in [5.74, 6) is -0.278. The van der Waals surface area contributed by atoms with Crippen LogP contribution in [0.2, 0.25) is 0 Å². The van der Waals surface area contributed by atoms with Gasteiger partial charge in [-0.25, -0.2) is 4.39 Å². The van der Waals surface area contributed by atoms with Gasteiger partial charge in [-0.15, -0.1) is 0 Å². The molecule has 3 nitrogen and oxygen atoms in total. The number of hydrogen-bond donors (Lipinski definition) is 2. The number of likely N-dealkylation sites (tertiary alicyclic amines) is 1. The molecule has 1 fully saturated rings. The number of benzene rings is 1. The van der Waals surface area contributed by atoms with Crippen LogP contribution in [-0.2, 0) is 0 Å². The van der Waals surface area contributed by atoms with Gasteiger partial charge in [0.25, 0.3) is 0 Å². The Hall–Kier alpha value is -0.970. The van der Waals surface area contributed by atoms with Crippen LogP contribution in [0.25, 0.3) is 0 Å². The van der Waals surface area contributed by atoms with E-state index in [4.69, 9.17) is 5.11 Å². The summed E-state index contributed by atoms with van der Waals surface area (Å²) in [6.45, 7) is 2.09. The van der Waals surface area contributed by atoms with E-state index in [9.17, 15) is 9.50 Å². The standard InChI is InChI=1S/C16H24FNO2/c17-14-6-4-13(5-7-14)16(20)8-11-18-10-2-1-3-15(18)9-12-19/h4-7,15-16,19-20H,1-3,8-12H2. The Morgan fingerprint density at radius 1 is 1.25 bits per heavy atom. The maximum atomic E-state index is 12.8. The fourth-order valence-corrected chi connectivity index (χ4v) is 2.97. The Balaban J connectivity index is 1.85. The third-order valence-electron chi connectivity index (χ3n) is 4.16. The lowest BCUT2D eigenvalue weighted by molar-refractivity contribution is 0.0891. The topological polar surface area (TPSA) is 43.7 Å². The first-order chi connectivity index (χ1) is 9.70. The molecule has 1 saturated heterocycles. The molecule has 4 heteroatoms. The average molecular weight is 281 g/mol. The van der Waals surface area contributed by atoms with E-state index in [0.29, 0.717) is 12.5 Å². The number of rotatable bonds is 6. The van der Waals surface area contributed by atoms with E-state index in [-0.39, 0.29) is 12.4 Å². The van der Waals surface area contributed by atoms with Crippen LogP contribution in [0, 0.1) is 5.82 Å². The van der Waals surface area contributed by atoms with Crippen molar-refractivity contribution < 1.29 is 14.6 Å². The predicted molar refractivity (Wildman–Crippen MR) is 76.9 cm³/mol. The maximum Gasteiger partial charge on any atom is 0.123 e. The summed E-state index contributed by atoms with van der Waals surface area (Å²) in [4.78, 5) is 2.37. The zero-order valence-corrected chi connectivity index (χ0v) is 11.8. The van der Waals surface area contributed by atoms with Crippen molar-refractivity contribution in [3.8, 4) is 0 Å². The van der Waals surface area contributed by atoms with E-state index in [1.807, 2.05) is 0 Å². The van der Waals surface area contributed by atoms with Crippen LogP contribution in [0.5, 0.6) is 0 Å². The van der Waals surface area contributed by atoms with Crippen LogP contribution in [0.3, 0.4) is 0 Å². The summed E-state index contributed by atoms with van der Waals surface area (Å²) in [7, 11) is 0. The average Bonchev–Trinajstić information content (AvgIpc) is 2.47. The van der Waals surface area contributed by atoms with Gasteiger partial charge in [-0.05, 0) is 49.9 Å². The Bertz CT molecular complexity index is 394. The largest absolute Gasteiger partial charge is 0.396 e. The van der Waals surface area contributed by atoms with Crippen molar-refractivity contribution in [2.45, 2.75) is 44.2 Å². The van der Waals surface area contributed by atoms with Crippen molar-refractivity contribution in [1.29, 1.82) is 0 Å². The van der Waals surface area contributed by atoms with Crippen LogP contribution in [0.4, 0.5) is 4.39 Å². The minimum atomic E-state index is -0.549. The van der Waals surface area contributed by atoms with Crippen LogP contribution in [0.1, 0.15) is 43.8 Å². The monoisotopic (exact) mass is 281 g/mol. The van der Waals surface area contributed by atoms with Crippen molar-refractivity contribution in [2.75, 3.05) is 19.7 Å². The minimum absolute atomic E-state index is 0.224.